The van der Waals surface area contributed by atoms with E-state index in [1.54, 1.807) is 24.3 Å². The number of aryl methyl sites for hydroxylation is 1. The molecular formula is C20H19Cl2N3O4. The number of ether oxygens (including phenoxy) is 1. The largest absolute Gasteiger partial charge is 0.383 e. The zero-order chi connectivity index (χ0) is 21.1. The van der Waals surface area contributed by atoms with Gasteiger partial charge in [-0.3, -0.25) is 14.2 Å². The lowest BCUT2D eigenvalue weighted by atomic mass is 10.2. The maximum absolute atomic E-state index is 13.2. The van der Waals surface area contributed by atoms with Gasteiger partial charge in [-0.15, -0.1) is 0 Å². The van der Waals surface area contributed by atoms with Crippen LogP contribution >= 0.6 is 23.2 Å². The van der Waals surface area contributed by atoms with E-state index >= 15 is 0 Å². The molecule has 0 fully saturated rings. The van der Waals surface area contributed by atoms with E-state index in [1.165, 1.54) is 23.8 Å². The van der Waals surface area contributed by atoms with Gasteiger partial charge < -0.3 is 10.1 Å². The molecule has 0 aliphatic rings. The molecule has 29 heavy (non-hydrogen) atoms. The molecule has 0 unspecified atom stereocenters. The van der Waals surface area contributed by atoms with Gasteiger partial charge in [0.15, 0.2) is 0 Å². The average molecular weight is 436 g/mol. The van der Waals surface area contributed by atoms with E-state index in [4.69, 9.17) is 27.9 Å². The predicted octanol–water partition coefficient (Wildman–Crippen LogP) is 2.53. The van der Waals surface area contributed by atoms with Crippen molar-refractivity contribution in [1.82, 2.24) is 14.5 Å². The minimum absolute atomic E-state index is 0.260. The summed E-state index contributed by atoms with van der Waals surface area (Å²) in [7, 11) is 1.52. The number of carbonyl (C=O) groups is 1. The molecule has 0 radical (unpaired) electrons. The molecule has 1 aromatic heterocycles. The van der Waals surface area contributed by atoms with E-state index in [2.05, 4.69) is 5.32 Å². The number of methoxy groups -OCH3 is 1. The number of halogens is 2. The Bertz CT molecular complexity index is 1200. The zero-order valence-corrected chi connectivity index (χ0v) is 17.4. The lowest BCUT2D eigenvalue weighted by Gasteiger charge is -2.15. The van der Waals surface area contributed by atoms with Crippen LogP contribution in [-0.4, -0.2) is 35.3 Å². The molecule has 0 bridgehead atoms. The van der Waals surface area contributed by atoms with Gasteiger partial charge in [0.2, 0.25) is 5.91 Å². The van der Waals surface area contributed by atoms with E-state index in [-0.39, 0.29) is 17.4 Å². The quantitative estimate of drug-likeness (QED) is 0.603. The molecule has 0 spiro atoms. The number of aromatic nitrogens is 2. The predicted molar refractivity (Wildman–Crippen MR) is 113 cm³/mol. The summed E-state index contributed by atoms with van der Waals surface area (Å²) in [5.74, 6) is -0.391. The summed E-state index contributed by atoms with van der Waals surface area (Å²) < 4.78 is 7.13. The molecule has 152 valence electrons. The van der Waals surface area contributed by atoms with Crippen molar-refractivity contribution >= 4 is 40.0 Å². The molecule has 0 saturated carbocycles. The number of benzene rings is 2. The third-order valence-corrected chi connectivity index (χ3v) is 5.09. The highest BCUT2D eigenvalue weighted by Crippen LogP contribution is 2.20. The van der Waals surface area contributed by atoms with Crippen molar-refractivity contribution < 1.29 is 9.53 Å². The molecule has 7 nitrogen and oxygen atoms in total. The highest BCUT2D eigenvalue weighted by atomic mass is 35.5. The number of hydrogen-bond donors (Lipinski definition) is 1. The smallest absolute Gasteiger partial charge is 0.336 e. The van der Waals surface area contributed by atoms with Gasteiger partial charge in [0, 0.05) is 23.7 Å². The summed E-state index contributed by atoms with van der Waals surface area (Å²) in [6.45, 7) is 2.18. The Kier molecular flexibility index (Phi) is 6.42. The number of carbonyl (C=O) groups excluding carboxylic acids is 1. The van der Waals surface area contributed by atoms with Gasteiger partial charge in [-0.2, -0.15) is 0 Å². The number of fused-ring (bicyclic) bond motifs is 1. The zero-order valence-electron chi connectivity index (χ0n) is 15.9. The van der Waals surface area contributed by atoms with Gasteiger partial charge in [0.05, 0.1) is 23.2 Å². The van der Waals surface area contributed by atoms with Crippen LogP contribution in [0.3, 0.4) is 0 Å². The van der Waals surface area contributed by atoms with Gasteiger partial charge >= 0.3 is 5.69 Å². The number of amides is 1. The number of hydrogen-bond acceptors (Lipinski definition) is 4. The summed E-state index contributed by atoms with van der Waals surface area (Å²) in [6.07, 6.45) is 0. The molecule has 0 saturated heterocycles. The maximum Gasteiger partial charge on any atom is 0.336 e. The van der Waals surface area contributed by atoms with E-state index in [0.717, 1.165) is 10.1 Å². The molecule has 9 heteroatoms. The van der Waals surface area contributed by atoms with Crippen LogP contribution in [0.4, 0.5) is 0 Å². The molecule has 0 aliphatic carbocycles. The van der Waals surface area contributed by atoms with Crippen molar-refractivity contribution in [2.75, 3.05) is 20.3 Å². The Morgan fingerprint density at radius 3 is 2.59 bits per heavy atom. The fourth-order valence-corrected chi connectivity index (χ4v) is 3.27. The first-order valence-corrected chi connectivity index (χ1v) is 9.56. The fraction of sp³-hybridized carbons (Fsp3) is 0.250. The summed E-state index contributed by atoms with van der Waals surface area (Å²) in [4.78, 5) is 38.6. The SMILES string of the molecule is COCCNC(=O)Cn1c(=O)n(-c2ccc(C)c(Cl)c2)c(=O)c2ccc(Cl)cc21. The molecule has 0 aliphatic heterocycles. The summed E-state index contributed by atoms with van der Waals surface area (Å²) in [5.41, 5.74) is 0.239. The average Bonchev–Trinajstić information content (AvgIpc) is 2.68. The van der Waals surface area contributed by atoms with Crippen LogP contribution < -0.4 is 16.6 Å². The second kappa shape index (κ2) is 8.82. The first-order chi connectivity index (χ1) is 13.8. The standard InChI is InChI=1S/C20H19Cl2N3O4/c1-12-3-5-14(10-16(12)22)25-19(27)15-6-4-13(21)9-17(15)24(20(25)28)11-18(26)23-7-8-29-2/h3-6,9-10H,7-8,11H2,1-2H3,(H,23,26). The van der Waals surface area contributed by atoms with E-state index in [0.29, 0.717) is 28.9 Å². The molecule has 1 amide bonds. The normalized spacial score (nSPS) is 11.0. The molecule has 3 aromatic rings. The topological polar surface area (TPSA) is 82.3 Å². The van der Waals surface area contributed by atoms with E-state index in [9.17, 15) is 14.4 Å². The summed E-state index contributed by atoms with van der Waals surface area (Å²) >= 11 is 12.3. The Balaban J connectivity index is 2.22. The second-order valence-electron chi connectivity index (χ2n) is 6.45. The van der Waals surface area contributed by atoms with Crippen LogP contribution in [0.2, 0.25) is 10.0 Å². The minimum atomic E-state index is -0.661. The first kappa shape index (κ1) is 21.1. The van der Waals surface area contributed by atoms with Gasteiger partial charge in [0.1, 0.15) is 6.54 Å². The minimum Gasteiger partial charge on any atom is -0.383 e. The molecule has 0 atom stereocenters. The monoisotopic (exact) mass is 435 g/mol. The van der Waals surface area contributed by atoms with Gasteiger partial charge in [0.25, 0.3) is 5.56 Å². The molecule has 1 heterocycles. The van der Waals surface area contributed by atoms with Crippen LogP contribution in [-0.2, 0) is 16.1 Å². The van der Waals surface area contributed by atoms with Crippen molar-refractivity contribution in [2.45, 2.75) is 13.5 Å². The Hall–Kier alpha value is -2.61. The Morgan fingerprint density at radius 2 is 1.90 bits per heavy atom. The second-order valence-corrected chi connectivity index (χ2v) is 7.29. The summed E-state index contributed by atoms with van der Waals surface area (Å²) in [6, 6.07) is 9.49. The van der Waals surface area contributed by atoms with Crippen molar-refractivity contribution in [1.29, 1.82) is 0 Å². The number of rotatable bonds is 6. The third-order valence-electron chi connectivity index (χ3n) is 4.45. The lowest BCUT2D eigenvalue weighted by Crippen LogP contribution is -2.42. The highest BCUT2D eigenvalue weighted by Gasteiger charge is 2.17. The molecule has 2 aromatic carbocycles. The van der Waals surface area contributed by atoms with Crippen molar-refractivity contribution in [3.63, 3.8) is 0 Å². The van der Waals surface area contributed by atoms with Crippen LogP contribution in [0, 0.1) is 6.92 Å². The molecular weight excluding hydrogens is 417 g/mol. The summed E-state index contributed by atoms with van der Waals surface area (Å²) in [5, 5.41) is 3.70. The third kappa shape index (κ3) is 4.37. The van der Waals surface area contributed by atoms with Crippen molar-refractivity contribution in [3.05, 3.63) is 72.8 Å². The number of nitrogens with zero attached hydrogens (tertiary/aromatic N) is 2. The van der Waals surface area contributed by atoms with Gasteiger partial charge in [-0.25, -0.2) is 9.36 Å². The lowest BCUT2D eigenvalue weighted by molar-refractivity contribution is -0.121. The fourth-order valence-electron chi connectivity index (χ4n) is 2.93. The van der Waals surface area contributed by atoms with Gasteiger partial charge in [-0.1, -0.05) is 29.3 Å². The van der Waals surface area contributed by atoms with Crippen LogP contribution in [0.1, 0.15) is 5.56 Å². The molecule has 1 N–H and O–H groups in total. The Morgan fingerprint density at radius 1 is 1.14 bits per heavy atom. The number of nitrogens with one attached hydrogen (secondary N) is 1. The van der Waals surface area contributed by atoms with E-state index < -0.39 is 17.2 Å². The Labute approximate surface area is 176 Å². The van der Waals surface area contributed by atoms with E-state index in [1.807, 2.05) is 6.92 Å². The van der Waals surface area contributed by atoms with Crippen LogP contribution in [0.15, 0.2) is 46.0 Å². The highest BCUT2D eigenvalue weighted by molar-refractivity contribution is 6.31. The first-order valence-electron chi connectivity index (χ1n) is 8.80. The van der Waals surface area contributed by atoms with Crippen LogP contribution in [0.5, 0.6) is 0 Å². The van der Waals surface area contributed by atoms with Crippen molar-refractivity contribution in [2.24, 2.45) is 0 Å². The molecule has 3 rings (SSSR count). The maximum atomic E-state index is 13.2. The van der Waals surface area contributed by atoms with Gasteiger partial charge in [-0.05, 0) is 42.8 Å². The van der Waals surface area contributed by atoms with Crippen LogP contribution in [0.25, 0.3) is 16.6 Å². The van der Waals surface area contributed by atoms with Crippen molar-refractivity contribution in [3.8, 4) is 5.69 Å².